The summed E-state index contributed by atoms with van der Waals surface area (Å²) in [5.74, 6) is 0.785. The quantitative estimate of drug-likeness (QED) is 0.717. The van der Waals surface area contributed by atoms with Crippen molar-refractivity contribution in [3.63, 3.8) is 0 Å². The van der Waals surface area contributed by atoms with Crippen LogP contribution in [0.25, 0.3) is 0 Å². The summed E-state index contributed by atoms with van der Waals surface area (Å²) in [5, 5.41) is 0.640. The van der Waals surface area contributed by atoms with Crippen LogP contribution in [0.2, 0.25) is 5.02 Å². The van der Waals surface area contributed by atoms with E-state index in [2.05, 4.69) is 11.8 Å². The number of ether oxygens (including phenoxy) is 1. The van der Waals surface area contributed by atoms with E-state index in [0.717, 1.165) is 18.2 Å². The minimum absolute atomic E-state index is 0.0390. The number of hydrogen-bond acceptors (Lipinski definition) is 3. The van der Waals surface area contributed by atoms with Crippen LogP contribution in [-0.2, 0) is 4.74 Å². The smallest absolute Gasteiger partial charge is 0.159 e. The van der Waals surface area contributed by atoms with Crippen molar-refractivity contribution in [1.82, 2.24) is 0 Å². The van der Waals surface area contributed by atoms with E-state index in [1.165, 1.54) is 12.8 Å². The van der Waals surface area contributed by atoms with Crippen LogP contribution in [0.3, 0.4) is 0 Å². The lowest BCUT2D eigenvalue weighted by Crippen LogP contribution is -2.37. The monoisotopic (exact) mass is 295 g/mol. The highest BCUT2D eigenvalue weighted by molar-refractivity contribution is 6.33. The zero-order valence-corrected chi connectivity index (χ0v) is 13.1. The Morgan fingerprint density at radius 2 is 2.20 bits per heavy atom. The molecule has 1 aromatic rings. The fourth-order valence-corrected chi connectivity index (χ4v) is 2.81. The van der Waals surface area contributed by atoms with Crippen molar-refractivity contribution in [3.05, 3.63) is 28.8 Å². The molecular weight excluding hydrogens is 274 g/mol. The molecule has 0 saturated heterocycles. The molecule has 1 atom stereocenters. The van der Waals surface area contributed by atoms with E-state index in [-0.39, 0.29) is 5.78 Å². The van der Waals surface area contributed by atoms with Crippen LogP contribution in [0.1, 0.15) is 37.0 Å². The Morgan fingerprint density at radius 3 is 2.70 bits per heavy atom. The first kappa shape index (κ1) is 15.3. The molecule has 2 rings (SSSR count). The largest absolute Gasteiger partial charge is 0.383 e. The fourth-order valence-electron chi connectivity index (χ4n) is 2.53. The lowest BCUT2D eigenvalue weighted by Gasteiger charge is -2.32. The molecule has 1 aromatic carbocycles. The summed E-state index contributed by atoms with van der Waals surface area (Å²) in [6, 6.07) is 6.01. The molecule has 1 aliphatic carbocycles. The zero-order chi connectivity index (χ0) is 14.7. The van der Waals surface area contributed by atoms with Gasteiger partial charge in [0.1, 0.15) is 0 Å². The molecule has 1 unspecified atom stereocenters. The average molecular weight is 296 g/mol. The van der Waals surface area contributed by atoms with E-state index in [9.17, 15) is 4.79 Å². The second-order valence-corrected chi connectivity index (χ2v) is 5.89. The van der Waals surface area contributed by atoms with Gasteiger partial charge in [-0.05, 0) is 50.8 Å². The van der Waals surface area contributed by atoms with Gasteiger partial charge in [-0.15, -0.1) is 0 Å². The summed E-state index contributed by atoms with van der Waals surface area (Å²) < 4.78 is 5.21. The van der Waals surface area contributed by atoms with Crippen LogP contribution < -0.4 is 4.90 Å². The molecule has 0 heterocycles. The van der Waals surface area contributed by atoms with Crippen LogP contribution in [0.15, 0.2) is 18.2 Å². The Balaban J connectivity index is 2.25. The number of carbonyl (C=O) groups is 1. The average Bonchev–Trinajstić information content (AvgIpc) is 3.24. The molecule has 4 heteroatoms. The van der Waals surface area contributed by atoms with Crippen LogP contribution in [-0.4, -0.2) is 32.1 Å². The number of methoxy groups -OCH3 is 1. The lowest BCUT2D eigenvalue weighted by atomic mass is 10.1. The molecule has 3 nitrogen and oxygen atoms in total. The van der Waals surface area contributed by atoms with Crippen molar-refractivity contribution in [3.8, 4) is 0 Å². The Kier molecular flexibility index (Phi) is 5.06. The molecule has 1 saturated carbocycles. The zero-order valence-electron chi connectivity index (χ0n) is 12.4. The van der Waals surface area contributed by atoms with Gasteiger partial charge in [0.05, 0.1) is 17.3 Å². The van der Waals surface area contributed by atoms with Crippen LogP contribution in [0, 0.1) is 5.92 Å². The highest BCUT2D eigenvalue weighted by atomic mass is 35.5. The second-order valence-electron chi connectivity index (χ2n) is 5.49. The van der Waals surface area contributed by atoms with E-state index in [4.69, 9.17) is 16.3 Å². The minimum Gasteiger partial charge on any atom is -0.383 e. The summed E-state index contributed by atoms with van der Waals surface area (Å²) in [6.07, 6.45) is 2.57. The molecule has 0 aliphatic heterocycles. The molecule has 1 aliphatic rings. The Hall–Kier alpha value is -1.06. The molecule has 20 heavy (non-hydrogen) atoms. The van der Waals surface area contributed by atoms with Gasteiger partial charge in [-0.25, -0.2) is 0 Å². The molecule has 0 aromatic heterocycles. The number of halogens is 1. The van der Waals surface area contributed by atoms with E-state index in [0.29, 0.717) is 23.2 Å². The van der Waals surface area contributed by atoms with Gasteiger partial charge in [0.15, 0.2) is 5.78 Å². The molecule has 0 spiro atoms. The highest BCUT2D eigenvalue weighted by Gasteiger charge is 2.32. The summed E-state index contributed by atoms with van der Waals surface area (Å²) >= 11 is 6.38. The highest BCUT2D eigenvalue weighted by Crippen LogP contribution is 2.38. The number of ketones is 1. The first-order chi connectivity index (χ1) is 9.54. The normalized spacial score (nSPS) is 16.0. The van der Waals surface area contributed by atoms with E-state index in [1.807, 2.05) is 12.1 Å². The number of nitrogens with zero attached hydrogens (tertiary/aromatic N) is 1. The molecule has 0 radical (unpaired) electrons. The van der Waals surface area contributed by atoms with E-state index in [1.54, 1.807) is 20.1 Å². The number of rotatable bonds is 7. The maximum Gasteiger partial charge on any atom is 0.159 e. The van der Waals surface area contributed by atoms with Crippen molar-refractivity contribution in [2.75, 3.05) is 25.2 Å². The third kappa shape index (κ3) is 3.53. The third-order valence-corrected chi connectivity index (χ3v) is 4.30. The first-order valence-electron chi connectivity index (χ1n) is 7.10. The first-order valence-corrected chi connectivity index (χ1v) is 7.48. The number of hydrogen-bond donors (Lipinski definition) is 0. The lowest BCUT2D eigenvalue weighted by molar-refractivity contribution is 0.101. The molecule has 0 N–H and O–H groups in total. The van der Waals surface area contributed by atoms with Gasteiger partial charge in [0.25, 0.3) is 0 Å². The topological polar surface area (TPSA) is 29.5 Å². The molecule has 0 bridgehead atoms. The van der Waals surface area contributed by atoms with Gasteiger partial charge in [0.2, 0.25) is 0 Å². The van der Waals surface area contributed by atoms with Crippen molar-refractivity contribution >= 4 is 23.1 Å². The predicted octanol–water partition coefficient (Wildman–Crippen LogP) is 3.79. The van der Waals surface area contributed by atoms with E-state index >= 15 is 0 Å². The summed E-state index contributed by atoms with van der Waals surface area (Å²) in [5.41, 5.74) is 1.65. The SMILES string of the molecule is COCCN(c1ccc(C(C)=O)cc1Cl)C(C)C1CC1. The van der Waals surface area contributed by atoms with Gasteiger partial charge in [-0.1, -0.05) is 11.6 Å². The van der Waals surface area contributed by atoms with Crippen LogP contribution >= 0.6 is 11.6 Å². The van der Waals surface area contributed by atoms with Gasteiger partial charge in [-0.2, -0.15) is 0 Å². The fraction of sp³-hybridized carbons (Fsp3) is 0.562. The predicted molar refractivity (Wildman–Crippen MR) is 82.9 cm³/mol. The second kappa shape index (κ2) is 6.59. The van der Waals surface area contributed by atoms with Crippen molar-refractivity contribution in [2.24, 2.45) is 5.92 Å². The van der Waals surface area contributed by atoms with Gasteiger partial charge >= 0.3 is 0 Å². The third-order valence-electron chi connectivity index (χ3n) is 4.00. The maximum absolute atomic E-state index is 11.4. The number of Topliss-reactive ketones (excluding diaryl/α,β-unsaturated/α-hetero) is 1. The summed E-state index contributed by atoms with van der Waals surface area (Å²) in [4.78, 5) is 13.7. The summed E-state index contributed by atoms with van der Waals surface area (Å²) in [6.45, 7) is 5.28. The van der Waals surface area contributed by atoms with Crippen molar-refractivity contribution in [1.29, 1.82) is 0 Å². The Morgan fingerprint density at radius 1 is 1.50 bits per heavy atom. The molecular formula is C16H22ClNO2. The Bertz CT molecular complexity index is 485. The Labute approximate surface area is 125 Å². The minimum atomic E-state index is 0.0390. The van der Waals surface area contributed by atoms with Crippen LogP contribution in [0.5, 0.6) is 0 Å². The standard InChI is InChI=1S/C16H22ClNO2/c1-11(13-4-5-13)18(8-9-20-3)16-7-6-14(12(2)19)10-15(16)17/h6-7,10-11,13H,4-5,8-9H2,1-3H3. The van der Waals surface area contributed by atoms with E-state index < -0.39 is 0 Å². The van der Waals surface area contributed by atoms with Crippen LogP contribution in [0.4, 0.5) is 5.69 Å². The number of benzene rings is 1. The van der Waals surface area contributed by atoms with Gasteiger partial charge in [-0.3, -0.25) is 4.79 Å². The van der Waals surface area contributed by atoms with Crippen molar-refractivity contribution < 1.29 is 9.53 Å². The molecule has 1 fully saturated rings. The maximum atomic E-state index is 11.4. The van der Waals surface area contributed by atoms with Gasteiger partial charge in [0, 0.05) is 25.3 Å². The number of carbonyl (C=O) groups excluding carboxylic acids is 1. The molecule has 0 amide bonds. The summed E-state index contributed by atoms with van der Waals surface area (Å²) in [7, 11) is 1.71. The van der Waals surface area contributed by atoms with Gasteiger partial charge < -0.3 is 9.64 Å². The number of anilines is 1. The van der Waals surface area contributed by atoms with Crippen molar-refractivity contribution in [2.45, 2.75) is 32.7 Å². The molecule has 110 valence electrons.